The highest BCUT2D eigenvalue weighted by Crippen LogP contribution is 2.68. The van der Waals surface area contributed by atoms with E-state index in [1.807, 2.05) is 41.5 Å². The zero-order valence-electron chi connectivity index (χ0n) is 15.8. The fourth-order valence-electron chi connectivity index (χ4n) is 3.92. The van der Waals surface area contributed by atoms with E-state index in [1.54, 1.807) is 0 Å². The maximum absolute atomic E-state index is 14.4. The van der Waals surface area contributed by atoms with E-state index >= 15 is 0 Å². The topological polar surface area (TPSA) is 26.3 Å². The zero-order chi connectivity index (χ0) is 18.4. The van der Waals surface area contributed by atoms with Crippen LogP contribution in [-0.4, -0.2) is 5.97 Å². The van der Waals surface area contributed by atoms with E-state index in [2.05, 4.69) is 0 Å². The number of rotatable bonds is 5. The SMILES string of the molecule is CCc1c(F)c(C)c(F)c(CC)c1COC(=O)C1C(C)(C)C1(C)C. The molecule has 0 atom stereocenters. The van der Waals surface area contributed by atoms with Gasteiger partial charge in [0.1, 0.15) is 18.2 Å². The van der Waals surface area contributed by atoms with Crippen LogP contribution in [0.4, 0.5) is 8.78 Å². The molecule has 0 unspecified atom stereocenters. The molecule has 1 aliphatic carbocycles. The van der Waals surface area contributed by atoms with Gasteiger partial charge in [-0.2, -0.15) is 0 Å². The van der Waals surface area contributed by atoms with Crippen LogP contribution in [0.15, 0.2) is 0 Å². The lowest BCUT2D eigenvalue weighted by molar-refractivity contribution is -0.148. The Morgan fingerprint density at radius 2 is 1.38 bits per heavy atom. The standard InChI is InChI=1S/C20H28F2O2/c1-8-12-14(13(9-2)16(22)11(3)15(12)21)10-24-18(23)17-19(4,5)20(17,6)7/h17H,8-10H2,1-7H3. The first-order chi connectivity index (χ1) is 11.0. The summed E-state index contributed by atoms with van der Waals surface area (Å²) in [5.74, 6) is -1.51. The van der Waals surface area contributed by atoms with Crippen molar-refractivity contribution in [2.24, 2.45) is 16.7 Å². The van der Waals surface area contributed by atoms with Gasteiger partial charge in [0, 0.05) is 11.1 Å². The van der Waals surface area contributed by atoms with E-state index in [0.717, 1.165) is 0 Å². The minimum absolute atomic E-state index is 0.0447. The van der Waals surface area contributed by atoms with E-state index in [-0.39, 0.29) is 34.9 Å². The van der Waals surface area contributed by atoms with Gasteiger partial charge in [-0.3, -0.25) is 4.79 Å². The molecule has 1 aromatic carbocycles. The Balaban J connectivity index is 2.29. The van der Waals surface area contributed by atoms with Gasteiger partial charge in [-0.1, -0.05) is 41.5 Å². The number of ether oxygens (including phenoxy) is 1. The molecule has 0 N–H and O–H groups in total. The summed E-state index contributed by atoms with van der Waals surface area (Å²) >= 11 is 0. The summed E-state index contributed by atoms with van der Waals surface area (Å²) in [6, 6.07) is 0. The molecule has 0 heterocycles. The predicted octanol–water partition coefficient (Wildman–Crippen LogP) is 5.12. The number of hydrogen-bond donors (Lipinski definition) is 0. The quantitative estimate of drug-likeness (QED) is 0.696. The van der Waals surface area contributed by atoms with Crippen LogP contribution in [0, 0.1) is 35.3 Å². The fraction of sp³-hybridized carbons (Fsp3) is 0.650. The average Bonchev–Trinajstić information content (AvgIpc) is 2.92. The monoisotopic (exact) mass is 338 g/mol. The van der Waals surface area contributed by atoms with Crippen LogP contribution in [0.3, 0.4) is 0 Å². The lowest BCUT2D eigenvalue weighted by Gasteiger charge is -2.18. The number of carbonyl (C=O) groups excluding carboxylic acids is 1. The van der Waals surface area contributed by atoms with Crippen molar-refractivity contribution in [3.8, 4) is 0 Å². The molecule has 0 amide bonds. The Morgan fingerprint density at radius 1 is 0.958 bits per heavy atom. The largest absolute Gasteiger partial charge is 0.461 e. The molecule has 0 aliphatic heterocycles. The lowest BCUT2D eigenvalue weighted by Crippen LogP contribution is -2.15. The van der Waals surface area contributed by atoms with Gasteiger partial charge >= 0.3 is 5.97 Å². The fourth-order valence-corrected chi connectivity index (χ4v) is 3.92. The van der Waals surface area contributed by atoms with Crippen LogP contribution >= 0.6 is 0 Å². The first-order valence-electron chi connectivity index (χ1n) is 8.67. The second-order valence-electron chi connectivity index (χ2n) is 7.88. The molecule has 0 bridgehead atoms. The molecule has 0 spiro atoms. The maximum atomic E-state index is 14.4. The Morgan fingerprint density at radius 3 is 1.71 bits per heavy atom. The van der Waals surface area contributed by atoms with Crippen molar-refractivity contribution in [1.29, 1.82) is 0 Å². The summed E-state index contributed by atoms with van der Waals surface area (Å²) in [6.07, 6.45) is 0.875. The molecule has 1 aromatic rings. The molecule has 0 aromatic heterocycles. The van der Waals surface area contributed by atoms with Gasteiger partial charge in [0.15, 0.2) is 0 Å². The second kappa shape index (κ2) is 6.12. The van der Waals surface area contributed by atoms with Crippen LogP contribution in [0.5, 0.6) is 0 Å². The number of benzene rings is 1. The van der Waals surface area contributed by atoms with Gasteiger partial charge in [0.05, 0.1) is 5.92 Å². The Hall–Kier alpha value is -1.45. The first kappa shape index (κ1) is 18.9. The third kappa shape index (κ3) is 2.64. The molecule has 0 saturated heterocycles. The average molecular weight is 338 g/mol. The molecule has 2 nitrogen and oxygen atoms in total. The van der Waals surface area contributed by atoms with Crippen LogP contribution in [0.1, 0.15) is 63.8 Å². The van der Waals surface area contributed by atoms with E-state index < -0.39 is 11.6 Å². The van der Waals surface area contributed by atoms with Crippen molar-refractivity contribution >= 4 is 5.97 Å². The molecule has 24 heavy (non-hydrogen) atoms. The Labute approximate surface area is 143 Å². The van der Waals surface area contributed by atoms with Crippen LogP contribution in [-0.2, 0) is 29.0 Å². The van der Waals surface area contributed by atoms with Gasteiger partial charge in [-0.25, -0.2) is 8.78 Å². The van der Waals surface area contributed by atoms with Crippen molar-refractivity contribution < 1.29 is 18.3 Å². The van der Waals surface area contributed by atoms with Crippen molar-refractivity contribution in [2.45, 2.75) is 67.9 Å². The Bertz CT molecular complexity index is 630. The number of halogens is 2. The lowest BCUT2D eigenvalue weighted by atomic mass is 9.93. The Kier molecular flexibility index (Phi) is 4.82. The van der Waals surface area contributed by atoms with Gasteiger partial charge in [-0.15, -0.1) is 0 Å². The summed E-state index contributed by atoms with van der Waals surface area (Å²) < 4.78 is 34.3. The van der Waals surface area contributed by atoms with E-state index in [0.29, 0.717) is 29.5 Å². The summed E-state index contributed by atoms with van der Waals surface area (Å²) in [5, 5.41) is 0. The van der Waals surface area contributed by atoms with Crippen molar-refractivity contribution in [2.75, 3.05) is 0 Å². The number of esters is 1. The molecule has 0 radical (unpaired) electrons. The minimum atomic E-state index is -0.523. The minimum Gasteiger partial charge on any atom is -0.461 e. The molecular formula is C20H28F2O2. The summed E-state index contributed by atoms with van der Waals surface area (Å²) in [5.41, 5.74) is 1.21. The van der Waals surface area contributed by atoms with Gasteiger partial charge in [0.25, 0.3) is 0 Å². The molecule has 4 heteroatoms. The molecule has 134 valence electrons. The van der Waals surface area contributed by atoms with Gasteiger partial charge < -0.3 is 4.74 Å². The molecule has 1 aliphatic rings. The zero-order valence-corrected chi connectivity index (χ0v) is 15.8. The van der Waals surface area contributed by atoms with Crippen LogP contribution in [0.25, 0.3) is 0 Å². The highest BCUT2D eigenvalue weighted by Gasteiger charge is 2.69. The van der Waals surface area contributed by atoms with Gasteiger partial charge in [-0.05, 0) is 41.7 Å². The number of carbonyl (C=O) groups is 1. The third-order valence-electron chi connectivity index (χ3n) is 6.24. The van der Waals surface area contributed by atoms with Crippen LogP contribution < -0.4 is 0 Å². The molecule has 1 saturated carbocycles. The van der Waals surface area contributed by atoms with Crippen molar-refractivity contribution in [3.63, 3.8) is 0 Å². The normalized spacial score (nSPS) is 18.5. The smallest absolute Gasteiger partial charge is 0.310 e. The number of hydrogen-bond acceptors (Lipinski definition) is 2. The molecular weight excluding hydrogens is 310 g/mol. The highest BCUT2D eigenvalue weighted by atomic mass is 19.1. The maximum Gasteiger partial charge on any atom is 0.310 e. The van der Waals surface area contributed by atoms with E-state index in [4.69, 9.17) is 4.74 Å². The summed E-state index contributed by atoms with van der Waals surface area (Å²) in [6.45, 7) is 13.2. The van der Waals surface area contributed by atoms with E-state index in [9.17, 15) is 13.6 Å². The van der Waals surface area contributed by atoms with Crippen LogP contribution in [0.2, 0.25) is 0 Å². The van der Waals surface area contributed by atoms with Crippen molar-refractivity contribution in [3.05, 3.63) is 33.9 Å². The summed E-state index contributed by atoms with van der Waals surface area (Å²) in [4.78, 5) is 12.4. The van der Waals surface area contributed by atoms with Crippen molar-refractivity contribution in [1.82, 2.24) is 0 Å². The van der Waals surface area contributed by atoms with E-state index in [1.165, 1.54) is 6.92 Å². The molecule has 1 fully saturated rings. The molecule has 2 rings (SSSR count). The first-order valence-corrected chi connectivity index (χ1v) is 8.67. The predicted molar refractivity (Wildman–Crippen MR) is 90.7 cm³/mol. The summed E-state index contributed by atoms with van der Waals surface area (Å²) in [7, 11) is 0. The second-order valence-corrected chi connectivity index (χ2v) is 7.88. The third-order valence-corrected chi connectivity index (χ3v) is 6.24. The van der Waals surface area contributed by atoms with Gasteiger partial charge in [0.2, 0.25) is 0 Å². The highest BCUT2D eigenvalue weighted by molar-refractivity contribution is 5.78.